The van der Waals surface area contributed by atoms with Gasteiger partial charge in [-0.2, -0.15) is 0 Å². The molecule has 2 aromatic rings. The fourth-order valence-corrected chi connectivity index (χ4v) is 3.00. The molecule has 20 heavy (non-hydrogen) atoms. The smallest absolute Gasteiger partial charge is 0.132 e. The van der Waals surface area contributed by atoms with Crippen molar-refractivity contribution in [3.63, 3.8) is 0 Å². The molecule has 0 saturated heterocycles. The minimum absolute atomic E-state index is 0.209. The first kappa shape index (κ1) is 13.5. The molecule has 3 rings (SSSR count). The van der Waals surface area contributed by atoms with E-state index in [1.54, 1.807) is 18.6 Å². The number of hydrogen-bond acceptors (Lipinski definition) is 4. The van der Waals surface area contributed by atoms with Crippen molar-refractivity contribution < 1.29 is 13.9 Å². The third-order valence-corrected chi connectivity index (χ3v) is 3.99. The van der Waals surface area contributed by atoms with E-state index in [-0.39, 0.29) is 6.04 Å². The Hall–Kier alpha value is -1.52. The highest BCUT2D eigenvalue weighted by Crippen LogP contribution is 2.31. The first-order valence-electron chi connectivity index (χ1n) is 7.28. The van der Waals surface area contributed by atoms with Gasteiger partial charge in [0.25, 0.3) is 0 Å². The maximum Gasteiger partial charge on any atom is 0.132 e. The van der Waals surface area contributed by atoms with Gasteiger partial charge in [0.05, 0.1) is 12.5 Å². The van der Waals surface area contributed by atoms with Crippen molar-refractivity contribution in [2.45, 2.75) is 50.8 Å². The zero-order valence-corrected chi connectivity index (χ0v) is 11.7. The Morgan fingerprint density at radius 1 is 1.35 bits per heavy atom. The van der Waals surface area contributed by atoms with Crippen molar-refractivity contribution in [2.75, 3.05) is 0 Å². The Bertz CT molecular complexity index is 532. The SMILES string of the molecule is C[C@H](C[C@@H](O)c1ccco1)N[C@@H]1CCCc2occc21. The Labute approximate surface area is 118 Å². The number of aliphatic hydroxyl groups excluding tert-OH is 1. The summed E-state index contributed by atoms with van der Waals surface area (Å²) in [5.41, 5.74) is 1.27. The molecule has 0 bridgehead atoms. The standard InChI is InChI=1S/C16H21NO3/c1-11(10-14(18)16-6-3-8-19-16)17-13-4-2-5-15-12(13)7-9-20-15/h3,6-9,11,13-14,17-18H,2,4-5,10H2,1H3/t11-,13-,14-/m1/s1. The van der Waals surface area contributed by atoms with Crippen molar-refractivity contribution in [2.24, 2.45) is 0 Å². The van der Waals surface area contributed by atoms with Crippen LogP contribution in [0.15, 0.2) is 39.6 Å². The molecule has 0 fully saturated rings. The topological polar surface area (TPSA) is 58.5 Å². The molecule has 0 amide bonds. The highest BCUT2D eigenvalue weighted by Gasteiger charge is 2.24. The van der Waals surface area contributed by atoms with Gasteiger partial charge < -0.3 is 19.3 Å². The van der Waals surface area contributed by atoms with Crippen molar-refractivity contribution >= 4 is 0 Å². The summed E-state index contributed by atoms with van der Waals surface area (Å²) in [6.45, 7) is 2.10. The second kappa shape index (κ2) is 5.85. The van der Waals surface area contributed by atoms with Crippen LogP contribution in [0.3, 0.4) is 0 Å². The summed E-state index contributed by atoms with van der Waals surface area (Å²) in [5, 5.41) is 13.7. The molecule has 4 nitrogen and oxygen atoms in total. The van der Waals surface area contributed by atoms with Gasteiger partial charge in [0.1, 0.15) is 17.6 Å². The summed E-state index contributed by atoms with van der Waals surface area (Å²) >= 11 is 0. The molecule has 0 aliphatic heterocycles. The van der Waals surface area contributed by atoms with Crippen LogP contribution in [0, 0.1) is 0 Å². The average Bonchev–Trinajstić information content (AvgIpc) is 3.10. The lowest BCUT2D eigenvalue weighted by Crippen LogP contribution is -2.33. The minimum Gasteiger partial charge on any atom is -0.469 e. The quantitative estimate of drug-likeness (QED) is 0.878. The number of furan rings is 2. The molecule has 2 heterocycles. The summed E-state index contributed by atoms with van der Waals surface area (Å²) in [7, 11) is 0. The van der Waals surface area contributed by atoms with Gasteiger partial charge in [-0.3, -0.25) is 0 Å². The molecular weight excluding hydrogens is 254 g/mol. The van der Waals surface area contributed by atoms with E-state index >= 15 is 0 Å². The molecule has 0 radical (unpaired) electrons. The van der Waals surface area contributed by atoms with Gasteiger partial charge in [-0.05, 0) is 44.4 Å². The largest absolute Gasteiger partial charge is 0.469 e. The van der Waals surface area contributed by atoms with E-state index in [1.807, 2.05) is 6.07 Å². The number of aryl methyl sites for hydroxylation is 1. The Balaban J connectivity index is 1.59. The van der Waals surface area contributed by atoms with E-state index in [4.69, 9.17) is 8.83 Å². The van der Waals surface area contributed by atoms with Crippen LogP contribution in [0.25, 0.3) is 0 Å². The molecule has 1 aliphatic carbocycles. The van der Waals surface area contributed by atoms with Gasteiger partial charge in [-0.25, -0.2) is 0 Å². The second-order valence-corrected chi connectivity index (χ2v) is 5.58. The van der Waals surface area contributed by atoms with Gasteiger partial charge in [-0.1, -0.05) is 0 Å². The van der Waals surface area contributed by atoms with Crippen LogP contribution in [0.5, 0.6) is 0 Å². The maximum atomic E-state index is 10.1. The van der Waals surface area contributed by atoms with Crippen molar-refractivity contribution in [1.29, 1.82) is 0 Å². The third kappa shape index (κ3) is 2.81. The fourth-order valence-electron chi connectivity index (χ4n) is 3.00. The summed E-state index contributed by atoms with van der Waals surface area (Å²) < 4.78 is 10.7. The van der Waals surface area contributed by atoms with E-state index in [0.717, 1.165) is 25.0 Å². The van der Waals surface area contributed by atoms with E-state index in [9.17, 15) is 5.11 Å². The predicted molar refractivity (Wildman–Crippen MR) is 75.3 cm³/mol. The molecule has 2 N–H and O–H groups in total. The highest BCUT2D eigenvalue weighted by molar-refractivity contribution is 5.24. The number of aliphatic hydroxyl groups is 1. The lowest BCUT2D eigenvalue weighted by Gasteiger charge is -2.27. The summed E-state index contributed by atoms with van der Waals surface area (Å²) in [4.78, 5) is 0. The Morgan fingerprint density at radius 2 is 2.25 bits per heavy atom. The maximum absolute atomic E-state index is 10.1. The van der Waals surface area contributed by atoms with Crippen LogP contribution in [-0.2, 0) is 6.42 Å². The minimum atomic E-state index is -0.556. The lowest BCUT2D eigenvalue weighted by molar-refractivity contribution is 0.126. The molecule has 0 saturated carbocycles. The van der Waals surface area contributed by atoms with Gasteiger partial charge in [-0.15, -0.1) is 0 Å². The number of fused-ring (bicyclic) bond motifs is 1. The van der Waals surface area contributed by atoms with Crippen molar-refractivity contribution in [3.8, 4) is 0 Å². The summed E-state index contributed by atoms with van der Waals surface area (Å²) in [6.07, 6.45) is 6.74. The first-order valence-corrected chi connectivity index (χ1v) is 7.28. The van der Waals surface area contributed by atoms with E-state index in [0.29, 0.717) is 18.2 Å². The molecule has 0 unspecified atom stereocenters. The Kier molecular flexibility index (Phi) is 3.94. The highest BCUT2D eigenvalue weighted by atomic mass is 16.4. The van der Waals surface area contributed by atoms with E-state index in [2.05, 4.69) is 18.3 Å². The zero-order valence-electron chi connectivity index (χ0n) is 11.7. The number of rotatable bonds is 5. The summed E-state index contributed by atoms with van der Waals surface area (Å²) in [5.74, 6) is 1.74. The van der Waals surface area contributed by atoms with Gasteiger partial charge in [0.2, 0.25) is 0 Å². The molecule has 0 spiro atoms. The summed E-state index contributed by atoms with van der Waals surface area (Å²) in [6, 6.07) is 6.21. The van der Waals surface area contributed by atoms with E-state index in [1.165, 1.54) is 5.56 Å². The van der Waals surface area contributed by atoms with Crippen molar-refractivity contribution in [1.82, 2.24) is 5.32 Å². The zero-order chi connectivity index (χ0) is 13.9. The third-order valence-electron chi connectivity index (χ3n) is 3.99. The molecule has 2 aromatic heterocycles. The van der Waals surface area contributed by atoms with Gasteiger partial charge in [0, 0.05) is 24.1 Å². The molecule has 0 aromatic carbocycles. The van der Waals surface area contributed by atoms with Crippen molar-refractivity contribution in [3.05, 3.63) is 47.8 Å². The molecule has 3 atom stereocenters. The van der Waals surface area contributed by atoms with Crippen LogP contribution < -0.4 is 5.32 Å². The van der Waals surface area contributed by atoms with E-state index < -0.39 is 6.10 Å². The molecular formula is C16H21NO3. The molecule has 1 aliphatic rings. The number of nitrogens with one attached hydrogen (secondary N) is 1. The number of hydrogen-bond donors (Lipinski definition) is 2. The first-order chi connectivity index (χ1) is 9.74. The average molecular weight is 275 g/mol. The van der Waals surface area contributed by atoms with Crippen LogP contribution >= 0.6 is 0 Å². The van der Waals surface area contributed by atoms with Crippen LogP contribution in [0.1, 0.15) is 55.4 Å². The molecule has 4 heteroatoms. The molecule has 108 valence electrons. The lowest BCUT2D eigenvalue weighted by atomic mass is 9.92. The van der Waals surface area contributed by atoms with Crippen LogP contribution in [0.4, 0.5) is 0 Å². The van der Waals surface area contributed by atoms with Crippen LogP contribution in [0.2, 0.25) is 0 Å². The fraction of sp³-hybridized carbons (Fsp3) is 0.500. The van der Waals surface area contributed by atoms with Gasteiger partial charge >= 0.3 is 0 Å². The predicted octanol–water partition coefficient (Wildman–Crippen LogP) is 3.35. The van der Waals surface area contributed by atoms with Gasteiger partial charge in [0.15, 0.2) is 0 Å². The normalized spacial score (nSPS) is 21.4. The Morgan fingerprint density at radius 3 is 3.05 bits per heavy atom. The van der Waals surface area contributed by atoms with Crippen LogP contribution in [-0.4, -0.2) is 11.1 Å². The monoisotopic (exact) mass is 275 g/mol. The second-order valence-electron chi connectivity index (χ2n) is 5.58.